The Labute approximate surface area is 107 Å². The van der Waals surface area contributed by atoms with E-state index in [4.69, 9.17) is 0 Å². The van der Waals surface area contributed by atoms with E-state index in [1.807, 2.05) is 0 Å². The first-order chi connectivity index (χ1) is 8.03. The minimum absolute atomic E-state index is 0.351. The lowest BCUT2D eigenvalue weighted by atomic mass is 9.79. The van der Waals surface area contributed by atoms with Gasteiger partial charge in [-0.3, -0.25) is 0 Å². The van der Waals surface area contributed by atoms with Crippen LogP contribution in [-0.4, -0.2) is 12.3 Å². The van der Waals surface area contributed by atoms with E-state index in [2.05, 4.69) is 38.2 Å². The molecular formula is C15H30N2. The van der Waals surface area contributed by atoms with Gasteiger partial charge in [-0.15, -0.1) is 0 Å². The van der Waals surface area contributed by atoms with Crippen molar-refractivity contribution in [3.8, 4) is 0 Å². The van der Waals surface area contributed by atoms with E-state index >= 15 is 0 Å². The maximum absolute atomic E-state index is 4.69. The first kappa shape index (κ1) is 14.5. The lowest BCUT2D eigenvalue weighted by Gasteiger charge is -2.28. The summed E-state index contributed by atoms with van der Waals surface area (Å²) in [4.78, 5) is 0. The van der Waals surface area contributed by atoms with Gasteiger partial charge in [0.2, 0.25) is 0 Å². The third-order valence-corrected chi connectivity index (χ3v) is 3.37. The van der Waals surface area contributed by atoms with Gasteiger partial charge in [-0.25, -0.2) is 0 Å². The van der Waals surface area contributed by atoms with Crippen molar-refractivity contribution >= 4 is 5.71 Å². The van der Waals surface area contributed by atoms with E-state index in [9.17, 15) is 0 Å². The van der Waals surface area contributed by atoms with Crippen molar-refractivity contribution in [1.29, 1.82) is 0 Å². The van der Waals surface area contributed by atoms with Crippen molar-refractivity contribution in [3.05, 3.63) is 0 Å². The minimum atomic E-state index is 0.351. The lowest BCUT2D eigenvalue weighted by Crippen LogP contribution is -2.26. The first-order valence-electron chi connectivity index (χ1n) is 7.32. The van der Waals surface area contributed by atoms with Gasteiger partial charge < -0.3 is 5.43 Å². The van der Waals surface area contributed by atoms with Gasteiger partial charge in [-0.05, 0) is 37.0 Å². The van der Waals surface area contributed by atoms with Crippen LogP contribution in [0.3, 0.4) is 0 Å². The van der Waals surface area contributed by atoms with E-state index in [1.165, 1.54) is 37.8 Å². The van der Waals surface area contributed by atoms with Crippen molar-refractivity contribution in [2.24, 2.45) is 16.4 Å². The van der Waals surface area contributed by atoms with Crippen molar-refractivity contribution in [1.82, 2.24) is 5.43 Å². The summed E-state index contributed by atoms with van der Waals surface area (Å²) in [6.07, 6.45) is 9.18. The highest BCUT2D eigenvalue weighted by Gasteiger charge is 2.23. The highest BCUT2D eigenvalue weighted by Crippen LogP contribution is 2.30. The van der Waals surface area contributed by atoms with Gasteiger partial charge in [0.1, 0.15) is 0 Å². The summed E-state index contributed by atoms with van der Waals surface area (Å²) in [5.41, 5.74) is 5.02. The Balaban J connectivity index is 2.59. The summed E-state index contributed by atoms with van der Waals surface area (Å²) >= 11 is 0. The maximum atomic E-state index is 4.69. The summed E-state index contributed by atoms with van der Waals surface area (Å²) in [5.74, 6) is 0.743. The highest BCUT2D eigenvalue weighted by molar-refractivity contribution is 5.87. The molecule has 0 unspecified atom stereocenters. The standard InChI is InChI=1S/C15H30N2/c1-5-11-16-17-14(12-15(2,3)4)13-9-7-6-8-10-13/h13,16H,5-12H2,1-4H3/b17-14+. The SMILES string of the molecule is CCCN/N=C(\CC(C)(C)C)C1CCCCC1. The maximum Gasteiger partial charge on any atom is 0.0414 e. The van der Waals surface area contributed by atoms with Crippen LogP contribution in [0.15, 0.2) is 5.10 Å². The Kier molecular flexibility index (Phi) is 6.01. The normalized spacial score (nSPS) is 19.4. The summed E-state index contributed by atoms with van der Waals surface area (Å²) in [6.45, 7) is 10.1. The van der Waals surface area contributed by atoms with Gasteiger partial charge in [0.15, 0.2) is 0 Å². The summed E-state index contributed by atoms with van der Waals surface area (Å²) in [5, 5.41) is 4.69. The molecule has 1 aliphatic rings. The Bertz CT molecular complexity index is 232. The van der Waals surface area contributed by atoms with Crippen molar-refractivity contribution < 1.29 is 0 Å². The predicted molar refractivity (Wildman–Crippen MR) is 76.4 cm³/mol. The third kappa shape index (κ3) is 6.09. The molecule has 0 aromatic carbocycles. The first-order valence-corrected chi connectivity index (χ1v) is 7.32. The van der Waals surface area contributed by atoms with Gasteiger partial charge in [0.25, 0.3) is 0 Å². The van der Waals surface area contributed by atoms with Gasteiger partial charge in [-0.2, -0.15) is 5.10 Å². The zero-order valence-corrected chi connectivity index (χ0v) is 12.2. The van der Waals surface area contributed by atoms with Crippen LogP contribution in [0.25, 0.3) is 0 Å². The van der Waals surface area contributed by atoms with Crippen LogP contribution in [0.4, 0.5) is 0 Å². The van der Waals surface area contributed by atoms with Gasteiger partial charge in [-0.1, -0.05) is 47.0 Å². The molecule has 0 atom stereocenters. The number of hydrogen-bond acceptors (Lipinski definition) is 2. The molecule has 1 fully saturated rings. The molecular weight excluding hydrogens is 208 g/mol. The Morgan fingerprint density at radius 3 is 2.35 bits per heavy atom. The number of nitrogens with zero attached hydrogens (tertiary/aromatic N) is 1. The van der Waals surface area contributed by atoms with Gasteiger partial charge >= 0.3 is 0 Å². The molecule has 0 amide bonds. The number of nitrogens with one attached hydrogen (secondary N) is 1. The number of hydrogen-bond donors (Lipinski definition) is 1. The molecule has 0 aromatic rings. The van der Waals surface area contributed by atoms with Crippen LogP contribution in [0.5, 0.6) is 0 Å². The molecule has 0 aromatic heterocycles. The van der Waals surface area contributed by atoms with Crippen molar-refractivity contribution in [2.45, 2.75) is 72.6 Å². The van der Waals surface area contributed by atoms with Gasteiger partial charge in [0.05, 0.1) is 0 Å². The fourth-order valence-corrected chi connectivity index (χ4v) is 2.52. The quantitative estimate of drug-likeness (QED) is 0.429. The summed E-state index contributed by atoms with van der Waals surface area (Å²) < 4.78 is 0. The van der Waals surface area contributed by atoms with Crippen LogP contribution in [0, 0.1) is 11.3 Å². The lowest BCUT2D eigenvalue weighted by molar-refractivity contribution is 0.392. The third-order valence-electron chi connectivity index (χ3n) is 3.37. The monoisotopic (exact) mass is 238 g/mol. The van der Waals surface area contributed by atoms with Crippen molar-refractivity contribution in [2.75, 3.05) is 6.54 Å². The molecule has 0 heterocycles. The Morgan fingerprint density at radius 2 is 1.82 bits per heavy atom. The van der Waals surface area contributed by atoms with E-state index in [1.54, 1.807) is 0 Å². The highest BCUT2D eigenvalue weighted by atomic mass is 15.3. The molecule has 0 aliphatic heterocycles. The topological polar surface area (TPSA) is 24.4 Å². The van der Waals surface area contributed by atoms with Crippen LogP contribution >= 0.6 is 0 Å². The fourth-order valence-electron chi connectivity index (χ4n) is 2.52. The number of rotatable bonds is 5. The largest absolute Gasteiger partial charge is 0.310 e. The molecule has 1 aliphatic carbocycles. The molecule has 0 saturated heterocycles. The molecule has 0 bridgehead atoms. The van der Waals surface area contributed by atoms with Crippen molar-refractivity contribution in [3.63, 3.8) is 0 Å². The minimum Gasteiger partial charge on any atom is -0.310 e. The Hall–Kier alpha value is -0.530. The molecule has 0 spiro atoms. The second kappa shape index (κ2) is 7.03. The van der Waals surface area contributed by atoms with Crippen LogP contribution < -0.4 is 5.43 Å². The van der Waals surface area contributed by atoms with E-state index in [0.29, 0.717) is 5.41 Å². The predicted octanol–water partition coefficient (Wildman–Crippen LogP) is 4.36. The zero-order chi connectivity index (χ0) is 12.7. The number of hydrazone groups is 1. The second-order valence-corrected chi connectivity index (χ2v) is 6.58. The molecule has 0 radical (unpaired) electrons. The molecule has 1 saturated carbocycles. The summed E-state index contributed by atoms with van der Waals surface area (Å²) in [7, 11) is 0. The van der Waals surface area contributed by atoms with E-state index < -0.39 is 0 Å². The van der Waals surface area contributed by atoms with Crippen LogP contribution in [-0.2, 0) is 0 Å². The fraction of sp³-hybridized carbons (Fsp3) is 0.933. The molecule has 2 nitrogen and oxygen atoms in total. The van der Waals surface area contributed by atoms with Crippen LogP contribution in [0.1, 0.15) is 72.6 Å². The molecule has 2 heteroatoms. The second-order valence-electron chi connectivity index (χ2n) is 6.58. The average Bonchev–Trinajstić information content (AvgIpc) is 2.28. The zero-order valence-electron chi connectivity index (χ0n) is 12.2. The van der Waals surface area contributed by atoms with E-state index in [-0.39, 0.29) is 0 Å². The van der Waals surface area contributed by atoms with E-state index in [0.717, 1.165) is 25.3 Å². The van der Waals surface area contributed by atoms with Gasteiger partial charge in [0, 0.05) is 12.3 Å². The average molecular weight is 238 g/mol. The smallest absolute Gasteiger partial charge is 0.0414 e. The Morgan fingerprint density at radius 1 is 1.18 bits per heavy atom. The molecule has 100 valence electrons. The molecule has 1 rings (SSSR count). The summed E-state index contributed by atoms with van der Waals surface area (Å²) in [6, 6.07) is 0. The molecule has 1 N–H and O–H groups in total. The molecule has 17 heavy (non-hydrogen) atoms. The van der Waals surface area contributed by atoms with Crippen LogP contribution in [0.2, 0.25) is 0 Å².